The minimum atomic E-state index is -1.29. The third-order valence-corrected chi connectivity index (χ3v) is 27.7. The van der Waals surface area contributed by atoms with E-state index >= 15 is 0 Å². The summed E-state index contributed by atoms with van der Waals surface area (Å²) < 4.78 is 43.1. The third-order valence-electron chi connectivity index (χ3n) is 27.7. The maximum atomic E-state index is 14.2. The van der Waals surface area contributed by atoms with Crippen molar-refractivity contribution < 1.29 is 85.6 Å². The normalized spacial score (nSPS) is 30.5. The average molecular weight is 1850 g/mol. The zero-order chi connectivity index (χ0) is 96.3. The largest absolute Gasteiger partial charge is 0.451 e. The predicted octanol–water partition coefficient (Wildman–Crippen LogP) is 11.1. The van der Waals surface area contributed by atoms with Crippen LogP contribution in [0.1, 0.15) is 245 Å². The monoisotopic (exact) mass is 1850 g/mol. The van der Waals surface area contributed by atoms with Gasteiger partial charge in [-0.1, -0.05) is 146 Å². The molecule has 3 aromatic heterocycles. The van der Waals surface area contributed by atoms with Gasteiger partial charge in [0.25, 0.3) is 35.4 Å². The molecule has 12 atom stereocenters. The van der Waals surface area contributed by atoms with Gasteiger partial charge in [-0.05, 0) is 220 Å². The number of hydrogen-bond acceptors (Lipinski definition) is 23. The molecule has 0 unspecified atom stereocenters. The topological polar surface area (TPSA) is 408 Å². The van der Waals surface area contributed by atoms with Crippen LogP contribution in [0, 0.1) is 45.3 Å². The first kappa shape index (κ1) is 99.9. The van der Waals surface area contributed by atoms with E-state index in [1.165, 1.54) is 15.0 Å². The molecule has 4 saturated heterocycles. The van der Waals surface area contributed by atoms with Crippen molar-refractivity contribution >= 4 is 122 Å². The summed E-state index contributed by atoms with van der Waals surface area (Å²) in [6.07, 6.45) is 16.7. The Bertz CT molecular complexity index is 5440. The Hall–Kier alpha value is -11.5. The summed E-state index contributed by atoms with van der Waals surface area (Å²) in [6.45, 7) is 26.0. The number of fused-ring (bicyclic) bond motifs is 12. The molecular formula is C101H132FN15O17. The zero-order valence-electron chi connectivity index (χ0n) is 79.4. The summed E-state index contributed by atoms with van der Waals surface area (Å²) in [7, 11) is 0. The van der Waals surface area contributed by atoms with E-state index in [2.05, 4.69) is 55.1 Å². The fourth-order valence-electron chi connectivity index (χ4n) is 18.6. The highest BCUT2D eigenvalue weighted by atomic mass is 19.1. The van der Waals surface area contributed by atoms with Gasteiger partial charge in [0.1, 0.15) is 48.5 Å². The molecule has 3 spiro atoms. The predicted molar refractivity (Wildman–Crippen MR) is 501 cm³/mol. The Labute approximate surface area is 782 Å². The lowest BCUT2D eigenvalue weighted by atomic mass is 9.63. The van der Waals surface area contributed by atoms with Crippen LogP contribution in [0.2, 0.25) is 0 Å². The van der Waals surface area contributed by atoms with Crippen molar-refractivity contribution in [3.8, 4) is 0 Å². The van der Waals surface area contributed by atoms with Crippen LogP contribution in [0.15, 0.2) is 109 Å². The number of ether oxygens (including phenoxy) is 5. The standard InChI is InChI=1S/C36H48FN5O5.C34H45N5O5.C31H39N5O7/c1-6-35(21-37)15-17-36(18-16-35)14-13-25-9-10-26-11-12-27(40-29(26)20-25)23(4)38-31(43)28-8-7-19-42(41-28)33(45)24(5)39-32(44)30(22(2)3)47-34(36)46;1-20(2)29-31(41)36-23(5)32(42)39-18-6-7-27(38-39)30(40)35-22(4)26-11-10-25-9-8-24(19-28(25)37-26)14-17-34(33(43)44-29)15-12-21(3)13-16-34;1-18(2)26-28(38)33-20(4)29(39)36-13-5-6-24(35-36)27(37)32-19(3)23-10-9-22-8-7-21(14-25(22)34-23)11-12-31(30(40)43-26)15-41-17-42-16-31/h9-14,20,22-24,28,30,41H,6-8,15-19,21H2,1-5H3,(H,38,43)(H,39,44);8-11,14,17,19-23,27,29,38H,6-7,12-13,15-16,18H2,1-5H3,(H,35,40)(H,36,41);7-12,14,18-20,24,26,35H,5-6,13,15-17H2,1-4H3,(H,32,37)(H,33,38)/b14-13+;17-14+;12-11+/t23-,24+,28+,30+,35?,36?;21?,22-,23+,27+,29-,34?;19-,20+,24+,26+/m111/s1. The Morgan fingerprint density at radius 3 is 0.993 bits per heavy atom. The first-order valence-corrected chi connectivity index (χ1v) is 47.6. The molecular weight excluding hydrogens is 1710 g/mol. The fourth-order valence-corrected chi connectivity index (χ4v) is 18.6. The number of hydrazine groups is 3. The van der Waals surface area contributed by atoms with Gasteiger partial charge >= 0.3 is 17.9 Å². The van der Waals surface area contributed by atoms with Crippen LogP contribution in [-0.4, -0.2) is 202 Å². The molecule has 32 nitrogen and oxygen atoms in total. The van der Waals surface area contributed by atoms with Crippen LogP contribution in [0.3, 0.4) is 0 Å². The van der Waals surface area contributed by atoms with Gasteiger partial charge in [0, 0.05) is 35.8 Å². The molecule has 720 valence electrons. The maximum absolute atomic E-state index is 14.2. The van der Waals surface area contributed by atoms with Gasteiger partial charge < -0.3 is 55.6 Å². The van der Waals surface area contributed by atoms with Crippen molar-refractivity contribution in [2.45, 2.75) is 266 Å². The van der Waals surface area contributed by atoms with Gasteiger partial charge in [0.15, 0.2) is 18.3 Å². The third kappa shape index (κ3) is 23.5. The lowest BCUT2D eigenvalue weighted by Crippen LogP contribution is -2.61. The average Bonchev–Trinajstić information content (AvgIpc) is 0.971. The number of carbonyl (C=O) groups excluding carboxylic acids is 12. The number of aromatic nitrogens is 3. The van der Waals surface area contributed by atoms with Crippen molar-refractivity contribution in [2.75, 3.05) is 46.3 Å². The number of nitrogens with one attached hydrogen (secondary N) is 9. The molecule has 9 aliphatic rings. The summed E-state index contributed by atoms with van der Waals surface area (Å²) in [5.74, 6) is -5.76. The number of benzene rings is 3. The summed E-state index contributed by atoms with van der Waals surface area (Å²) in [5.41, 5.74) is 12.2. The van der Waals surface area contributed by atoms with Gasteiger partial charge in [-0.15, -0.1) is 0 Å². The van der Waals surface area contributed by atoms with Gasteiger partial charge in [0.2, 0.25) is 17.7 Å². The van der Waals surface area contributed by atoms with Crippen molar-refractivity contribution in [1.82, 2.24) is 78.2 Å². The van der Waals surface area contributed by atoms with Gasteiger partial charge in [0.05, 0.1) is 82.5 Å². The van der Waals surface area contributed by atoms with Crippen LogP contribution in [0.25, 0.3) is 50.9 Å². The Kier molecular flexibility index (Phi) is 32.4. The summed E-state index contributed by atoms with van der Waals surface area (Å²) in [6, 6.07) is 23.3. The van der Waals surface area contributed by atoms with E-state index in [4.69, 9.17) is 38.6 Å². The second-order valence-electron chi connectivity index (χ2n) is 39.1. The molecule has 2 saturated carbocycles. The molecule has 134 heavy (non-hydrogen) atoms. The highest BCUT2D eigenvalue weighted by Crippen LogP contribution is 2.50. The molecule has 0 radical (unpaired) electrons. The second-order valence-corrected chi connectivity index (χ2v) is 39.1. The lowest BCUT2D eigenvalue weighted by molar-refractivity contribution is -0.192. The van der Waals surface area contributed by atoms with E-state index in [0.29, 0.717) is 120 Å². The maximum Gasteiger partial charge on any atom is 0.321 e. The number of hydrogen-bond donors (Lipinski definition) is 9. The Morgan fingerprint density at radius 2 is 0.679 bits per heavy atom. The SMILES string of the molecule is CC(C)[C@@H]1OC(=O)C2(/C=C/c3ccc4ccc(nc4c3)[C@@H](C)NC(=O)[C@@H]3CCCN(N3)C(=O)[C@H](C)NC1=O)COCOC2.CC1CCC2(/C=C/c3ccc4ccc(nc4c3)[C@@H](C)NC(=O)[C@@H]3CCCN(N3)C(=O)[C@H](C)NC(=O)[C@@H](C(C)C)OC2=O)CC1.CCC1(CF)CCC2(/C=C/c3ccc4ccc(nc4c3)[C@@H](C)NC(=O)[C@@H]3CCCN(N3)C(=O)[C@H](C)NC(=O)[C@H](C(C)C)OC2=O)CC1. The molecule has 6 fully saturated rings. The highest BCUT2D eigenvalue weighted by molar-refractivity contribution is 5.96. The minimum Gasteiger partial charge on any atom is -0.451 e. The van der Waals surface area contributed by atoms with Crippen molar-refractivity contribution in [1.29, 1.82) is 0 Å². The minimum absolute atomic E-state index is 0.0125. The summed E-state index contributed by atoms with van der Waals surface area (Å²) in [5, 5.41) is 24.2. The van der Waals surface area contributed by atoms with Crippen LogP contribution < -0.4 is 48.2 Å². The smallest absolute Gasteiger partial charge is 0.321 e. The van der Waals surface area contributed by atoms with E-state index in [1.54, 1.807) is 60.6 Å². The zero-order valence-corrected chi connectivity index (χ0v) is 79.4. The molecule has 3 aromatic carbocycles. The molecule has 15 rings (SSSR count). The van der Waals surface area contributed by atoms with Crippen LogP contribution in [0.5, 0.6) is 0 Å². The van der Waals surface area contributed by atoms with Gasteiger partial charge in [-0.3, -0.25) is 91.9 Å². The van der Waals surface area contributed by atoms with Crippen LogP contribution in [-0.2, 0) is 81.2 Å². The summed E-state index contributed by atoms with van der Waals surface area (Å²) in [4.78, 5) is 176. The quantitative estimate of drug-likeness (QED) is 0.0572. The van der Waals surface area contributed by atoms with Crippen LogP contribution >= 0.6 is 0 Å². The molecule has 9 N–H and O–H groups in total. The van der Waals surface area contributed by atoms with Gasteiger partial charge in [-0.2, -0.15) is 0 Å². The van der Waals surface area contributed by atoms with Gasteiger partial charge in [-0.25, -0.2) is 16.3 Å². The number of carbonyl (C=O) groups is 12. The number of nitrogens with zero attached hydrogens (tertiary/aromatic N) is 6. The van der Waals surface area contributed by atoms with E-state index in [9.17, 15) is 61.9 Å². The highest BCUT2D eigenvalue weighted by Gasteiger charge is 2.50. The van der Waals surface area contributed by atoms with E-state index in [0.717, 1.165) is 67.9 Å². The Morgan fingerprint density at radius 1 is 0.381 bits per heavy atom. The fraction of sp³-hybridized carbons (Fsp3) is 0.554. The number of amides is 9. The molecule has 7 aliphatic heterocycles. The van der Waals surface area contributed by atoms with E-state index in [-0.39, 0.29) is 73.5 Å². The lowest BCUT2D eigenvalue weighted by Gasteiger charge is -2.43. The molecule has 10 heterocycles. The van der Waals surface area contributed by atoms with E-state index in [1.807, 2.05) is 157 Å². The van der Waals surface area contributed by atoms with Crippen molar-refractivity contribution in [2.24, 2.45) is 45.3 Å². The summed E-state index contributed by atoms with van der Waals surface area (Å²) >= 11 is 0. The first-order valence-electron chi connectivity index (χ1n) is 47.6. The van der Waals surface area contributed by atoms with Crippen molar-refractivity contribution in [3.05, 3.63) is 143 Å². The Balaban J connectivity index is 0.000000171. The molecule has 33 heteroatoms. The van der Waals surface area contributed by atoms with E-state index < -0.39 is 136 Å². The van der Waals surface area contributed by atoms with Crippen molar-refractivity contribution in [3.63, 3.8) is 0 Å². The molecule has 6 aromatic rings. The number of pyridine rings is 3. The number of alkyl halides is 1. The van der Waals surface area contributed by atoms with Crippen LogP contribution in [0.4, 0.5) is 4.39 Å². The molecule has 9 amide bonds. The first-order chi connectivity index (χ1) is 63.9. The number of esters is 3. The number of halogens is 1. The molecule has 15 bridgehead atoms. The second kappa shape index (κ2) is 43.4. The number of cyclic esters (lactones) is 3. The number of rotatable bonds is 5. The molecule has 2 aliphatic carbocycles.